The van der Waals surface area contributed by atoms with Gasteiger partial charge in [-0.1, -0.05) is 11.6 Å². The van der Waals surface area contributed by atoms with Crippen LogP contribution in [0.1, 0.15) is 6.42 Å². The first-order valence-electron chi connectivity index (χ1n) is 4.94. The molecule has 18 heavy (non-hydrogen) atoms. The molecule has 1 heterocycles. The molecule has 1 rings (SSSR count). The van der Waals surface area contributed by atoms with Crippen LogP contribution in [0.15, 0.2) is 14.1 Å². The summed E-state index contributed by atoms with van der Waals surface area (Å²) >= 11 is 15.9. The first-order valence-corrected chi connectivity index (χ1v) is 8.85. The van der Waals surface area contributed by atoms with Gasteiger partial charge in [-0.25, -0.2) is 13.1 Å². The zero-order valence-corrected chi connectivity index (χ0v) is 14.2. The molecule has 1 N–H and O–H groups in total. The highest BCUT2D eigenvalue weighted by Gasteiger charge is 2.18. The highest BCUT2D eigenvalue weighted by Crippen LogP contribution is 2.34. The molecule has 0 bridgehead atoms. The number of sulfonamides is 1. The molecule has 0 aromatic carbocycles. The number of nitrogens with one attached hydrogen (secondary N) is 1. The van der Waals surface area contributed by atoms with Crippen molar-refractivity contribution in [3.05, 3.63) is 14.9 Å². The molecule has 0 spiro atoms. The van der Waals surface area contributed by atoms with Crippen LogP contribution in [-0.4, -0.2) is 34.1 Å². The van der Waals surface area contributed by atoms with E-state index in [0.29, 0.717) is 21.8 Å². The number of hydrogen-bond donors (Lipinski definition) is 1. The number of rotatable bonds is 7. The van der Waals surface area contributed by atoms with Crippen molar-refractivity contribution in [2.75, 3.05) is 20.3 Å². The topological polar surface area (TPSA) is 55.4 Å². The fourth-order valence-corrected chi connectivity index (χ4v) is 4.87. The van der Waals surface area contributed by atoms with Crippen molar-refractivity contribution in [1.82, 2.24) is 4.72 Å². The van der Waals surface area contributed by atoms with Crippen molar-refractivity contribution in [2.24, 2.45) is 0 Å². The molecule has 9 heteroatoms. The van der Waals surface area contributed by atoms with Gasteiger partial charge in [0, 0.05) is 13.7 Å². The third-order valence-corrected chi connectivity index (χ3v) is 6.74. The number of halogens is 3. The van der Waals surface area contributed by atoms with Crippen molar-refractivity contribution in [3.8, 4) is 0 Å². The third kappa shape index (κ3) is 4.96. The molecular formula is C9H12BrCl2NO3S2. The van der Waals surface area contributed by atoms with Crippen molar-refractivity contribution >= 4 is 60.5 Å². The van der Waals surface area contributed by atoms with Gasteiger partial charge in [0.05, 0.1) is 20.8 Å². The van der Waals surface area contributed by atoms with Gasteiger partial charge < -0.3 is 4.74 Å². The fourth-order valence-electron chi connectivity index (χ4n) is 1.14. The van der Waals surface area contributed by atoms with E-state index >= 15 is 0 Å². The summed E-state index contributed by atoms with van der Waals surface area (Å²) in [5.74, 6) is 0. The van der Waals surface area contributed by atoms with Crippen LogP contribution < -0.4 is 4.72 Å². The third-order valence-electron chi connectivity index (χ3n) is 1.98. The molecule has 1 unspecified atom stereocenters. The summed E-state index contributed by atoms with van der Waals surface area (Å²) in [5, 5.41) is 0.173. The Hall–Kier alpha value is 0.630. The molecule has 0 amide bonds. The summed E-state index contributed by atoms with van der Waals surface area (Å²) in [4.78, 5) is 0. The minimum Gasteiger partial charge on any atom is -0.383 e. The summed E-state index contributed by atoms with van der Waals surface area (Å²) in [6.45, 7) is 0.645. The quantitative estimate of drug-likeness (QED) is 0.720. The Morgan fingerprint density at radius 3 is 2.78 bits per heavy atom. The maximum absolute atomic E-state index is 11.9. The largest absolute Gasteiger partial charge is 0.383 e. The maximum Gasteiger partial charge on any atom is 0.250 e. The van der Waals surface area contributed by atoms with E-state index in [1.807, 2.05) is 0 Å². The molecule has 0 aliphatic rings. The second kappa shape index (κ2) is 7.42. The molecule has 0 radical (unpaired) electrons. The highest BCUT2D eigenvalue weighted by atomic mass is 79.9. The standard InChI is InChI=1S/C9H12BrCl2NO3S2/c1-16-5-6(11)2-3-13-18(14,15)8-4-7(12)9(10)17-8/h4,6,13H,2-3,5H2,1H3. The van der Waals surface area contributed by atoms with Crippen molar-refractivity contribution in [3.63, 3.8) is 0 Å². The van der Waals surface area contributed by atoms with Crippen LogP contribution in [0, 0.1) is 0 Å². The van der Waals surface area contributed by atoms with Crippen molar-refractivity contribution in [1.29, 1.82) is 0 Å². The molecule has 0 saturated heterocycles. The predicted octanol–water partition coefficient (Wildman–Crippen LogP) is 3.09. The first kappa shape index (κ1) is 16.7. The molecule has 0 aliphatic carbocycles. The van der Waals surface area contributed by atoms with Gasteiger partial charge in [0.2, 0.25) is 10.0 Å². The summed E-state index contributed by atoms with van der Waals surface area (Å²) < 4.78 is 31.9. The Kier molecular flexibility index (Phi) is 6.88. The number of methoxy groups -OCH3 is 1. The lowest BCUT2D eigenvalue weighted by Crippen LogP contribution is -2.26. The lowest BCUT2D eigenvalue weighted by Gasteiger charge is -2.08. The lowest BCUT2D eigenvalue weighted by molar-refractivity contribution is 0.196. The lowest BCUT2D eigenvalue weighted by atomic mass is 10.3. The summed E-state index contributed by atoms with van der Waals surface area (Å²) in [5.41, 5.74) is 0. The minimum absolute atomic E-state index is 0.178. The predicted molar refractivity (Wildman–Crippen MR) is 78.4 cm³/mol. The maximum atomic E-state index is 11.9. The van der Waals surface area contributed by atoms with Crippen LogP contribution in [0.25, 0.3) is 0 Å². The number of thiophene rings is 1. The van der Waals surface area contributed by atoms with Gasteiger partial charge in [0.25, 0.3) is 0 Å². The smallest absolute Gasteiger partial charge is 0.250 e. The SMILES string of the molecule is COCC(Cl)CCNS(=O)(=O)c1cc(Cl)c(Br)s1. The van der Waals surface area contributed by atoms with Crippen LogP contribution in [0.4, 0.5) is 0 Å². The molecule has 1 atom stereocenters. The Bertz CT molecular complexity index is 473. The molecule has 0 aliphatic heterocycles. The Balaban J connectivity index is 2.55. The van der Waals surface area contributed by atoms with E-state index < -0.39 is 10.0 Å². The van der Waals surface area contributed by atoms with Crippen LogP contribution >= 0.6 is 50.5 Å². The molecular weight excluding hydrogens is 385 g/mol. The molecule has 104 valence electrons. The monoisotopic (exact) mass is 395 g/mol. The average molecular weight is 397 g/mol. The van der Waals surface area contributed by atoms with Crippen LogP contribution in [-0.2, 0) is 14.8 Å². The molecule has 0 saturated carbocycles. The van der Waals surface area contributed by atoms with Gasteiger partial charge in [0.15, 0.2) is 0 Å². The normalized spacial score (nSPS) is 13.8. The summed E-state index contributed by atoms with van der Waals surface area (Å²) in [7, 11) is -1.97. The second-order valence-electron chi connectivity index (χ2n) is 3.43. The second-order valence-corrected chi connectivity index (χ2v) is 8.81. The van der Waals surface area contributed by atoms with E-state index in [4.69, 9.17) is 27.9 Å². The number of hydrogen-bond acceptors (Lipinski definition) is 4. The van der Waals surface area contributed by atoms with Crippen LogP contribution in [0.2, 0.25) is 5.02 Å². The van der Waals surface area contributed by atoms with E-state index in [1.54, 1.807) is 7.11 Å². The van der Waals surface area contributed by atoms with Crippen LogP contribution in [0.3, 0.4) is 0 Å². The Labute approximate surface area is 129 Å². The zero-order valence-electron chi connectivity index (χ0n) is 9.45. The summed E-state index contributed by atoms with van der Waals surface area (Å²) in [6, 6.07) is 1.41. The van der Waals surface area contributed by atoms with Gasteiger partial charge in [-0.05, 0) is 28.4 Å². The number of ether oxygens (including phenoxy) is 1. The molecule has 1 aromatic rings. The Morgan fingerprint density at radius 2 is 2.28 bits per heavy atom. The van der Waals surface area contributed by atoms with Crippen LogP contribution in [0.5, 0.6) is 0 Å². The van der Waals surface area contributed by atoms with E-state index in [9.17, 15) is 8.42 Å². The molecule has 1 aromatic heterocycles. The number of alkyl halides is 1. The summed E-state index contributed by atoms with van der Waals surface area (Å²) in [6.07, 6.45) is 0.495. The van der Waals surface area contributed by atoms with E-state index in [2.05, 4.69) is 20.7 Å². The molecule has 0 fully saturated rings. The Morgan fingerprint density at radius 1 is 1.61 bits per heavy atom. The first-order chi connectivity index (χ1) is 8.36. The van der Waals surface area contributed by atoms with Crippen molar-refractivity contribution < 1.29 is 13.2 Å². The zero-order chi connectivity index (χ0) is 13.8. The van der Waals surface area contributed by atoms with Crippen molar-refractivity contribution in [2.45, 2.75) is 16.0 Å². The fraction of sp³-hybridized carbons (Fsp3) is 0.556. The highest BCUT2D eigenvalue weighted by molar-refractivity contribution is 9.11. The van der Waals surface area contributed by atoms with E-state index in [1.165, 1.54) is 6.07 Å². The van der Waals surface area contributed by atoms with E-state index in [-0.39, 0.29) is 16.1 Å². The van der Waals surface area contributed by atoms with Gasteiger partial charge in [-0.2, -0.15) is 0 Å². The van der Waals surface area contributed by atoms with Gasteiger partial charge in [-0.3, -0.25) is 0 Å². The van der Waals surface area contributed by atoms with Gasteiger partial charge in [0.1, 0.15) is 4.21 Å². The molecule has 4 nitrogen and oxygen atoms in total. The average Bonchev–Trinajstić information content (AvgIpc) is 2.60. The van der Waals surface area contributed by atoms with E-state index in [0.717, 1.165) is 11.3 Å². The minimum atomic E-state index is -3.52. The van der Waals surface area contributed by atoms with Gasteiger partial charge in [-0.15, -0.1) is 22.9 Å². The van der Waals surface area contributed by atoms with Gasteiger partial charge >= 0.3 is 0 Å².